The van der Waals surface area contributed by atoms with Gasteiger partial charge in [0, 0.05) is 64.8 Å². The van der Waals surface area contributed by atoms with E-state index in [4.69, 9.17) is 9.73 Å². The first-order chi connectivity index (χ1) is 13.6. The number of amides is 1. The molecule has 2 rings (SSSR count). The van der Waals surface area contributed by atoms with Gasteiger partial charge >= 0.3 is 0 Å². The van der Waals surface area contributed by atoms with Crippen molar-refractivity contribution in [1.82, 2.24) is 25.4 Å². The molecule has 28 heavy (non-hydrogen) atoms. The normalized spacial score (nSPS) is 15.5. The maximum Gasteiger partial charge on any atom is 0.234 e. The van der Waals surface area contributed by atoms with Crippen molar-refractivity contribution in [2.75, 3.05) is 66.1 Å². The standard InChI is InChI=1S/C20H34N6O2/c1-4-21-20(23-8-7-18-6-5-17(2)24-15-18)26-12-10-25(11-13-26)16-19(27)22-9-14-28-3/h5-6,15H,4,7-14,16H2,1-3H3,(H,21,23)(H,22,27). The Morgan fingerprint density at radius 3 is 2.68 bits per heavy atom. The zero-order chi connectivity index (χ0) is 20.2. The van der Waals surface area contributed by atoms with Crippen LogP contribution in [0.4, 0.5) is 0 Å². The summed E-state index contributed by atoms with van der Waals surface area (Å²) < 4.78 is 4.95. The van der Waals surface area contributed by atoms with E-state index in [0.29, 0.717) is 19.7 Å². The van der Waals surface area contributed by atoms with Crippen molar-refractivity contribution in [2.24, 2.45) is 4.99 Å². The third kappa shape index (κ3) is 7.82. The molecule has 0 bridgehead atoms. The molecule has 2 heterocycles. The van der Waals surface area contributed by atoms with E-state index in [0.717, 1.165) is 57.3 Å². The molecule has 0 spiro atoms. The van der Waals surface area contributed by atoms with Crippen LogP contribution in [0.2, 0.25) is 0 Å². The molecule has 0 aliphatic carbocycles. The second-order valence-electron chi connectivity index (χ2n) is 6.90. The molecule has 1 saturated heterocycles. The SMILES string of the molecule is CCNC(=NCCc1ccc(C)nc1)N1CCN(CC(=O)NCCOC)CC1. The van der Waals surface area contributed by atoms with Gasteiger partial charge in [-0.1, -0.05) is 6.07 Å². The quantitative estimate of drug-likeness (QED) is 0.358. The van der Waals surface area contributed by atoms with E-state index in [2.05, 4.69) is 38.4 Å². The molecule has 8 heteroatoms. The molecular formula is C20H34N6O2. The van der Waals surface area contributed by atoms with Crippen molar-refractivity contribution in [2.45, 2.75) is 20.3 Å². The van der Waals surface area contributed by atoms with Crippen LogP contribution in [0.5, 0.6) is 0 Å². The highest BCUT2D eigenvalue weighted by atomic mass is 16.5. The summed E-state index contributed by atoms with van der Waals surface area (Å²) in [6.45, 7) is 10.6. The van der Waals surface area contributed by atoms with Gasteiger partial charge in [-0.25, -0.2) is 0 Å². The molecule has 0 radical (unpaired) electrons. The number of pyridine rings is 1. The highest BCUT2D eigenvalue weighted by Gasteiger charge is 2.21. The van der Waals surface area contributed by atoms with Crippen molar-refractivity contribution in [1.29, 1.82) is 0 Å². The minimum Gasteiger partial charge on any atom is -0.383 e. The van der Waals surface area contributed by atoms with Crippen molar-refractivity contribution in [3.63, 3.8) is 0 Å². The van der Waals surface area contributed by atoms with Crippen LogP contribution in [0, 0.1) is 6.92 Å². The number of hydrogen-bond acceptors (Lipinski definition) is 5. The van der Waals surface area contributed by atoms with Crippen LogP contribution in [0.25, 0.3) is 0 Å². The zero-order valence-electron chi connectivity index (χ0n) is 17.4. The number of nitrogens with zero attached hydrogens (tertiary/aromatic N) is 4. The molecule has 1 aromatic heterocycles. The van der Waals surface area contributed by atoms with Crippen LogP contribution in [0.3, 0.4) is 0 Å². The lowest BCUT2D eigenvalue weighted by molar-refractivity contribution is -0.122. The van der Waals surface area contributed by atoms with Crippen LogP contribution in [-0.2, 0) is 16.0 Å². The molecule has 0 aromatic carbocycles. The van der Waals surface area contributed by atoms with Gasteiger partial charge in [-0.3, -0.25) is 19.7 Å². The highest BCUT2D eigenvalue weighted by Crippen LogP contribution is 2.04. The smallest absolute Gasteiger partial charge is 0.234 e. The number of rotatable bonds is 9. The fraction of sp³-hybridized carbons (Fsp3) is 0.650. The van der Waals surface area contributed by atoms with Crippen LogP contribution in [0.15, 0.2) is 23.3 Å². The van der Waals surface area contributed by atoms with Crippen LogP contribution >= 0.6 is 0 Å². The number of carbonyl (C=O) groups is 1. The third-order valence-electron chi connectivity index (χ3n) is 4.64. The van der Waals surface area contributed by atoms with Gasteiger partial charge in [0.15, 0.2) is 5.96 Å². The third-order valence-corrected chi connectivity index (χ3v) is 4.64. The van der Waals surface area contributed by atoms with Crippen molar-refractivity contribution in [3.8, 4) is 0 Å². The first-order valence-electron chi connectivity index (χ1n) is 10.0. The molecule has 1 aliphatic heterocycles. The number of aryl methyl sites for hydroxylation is 1. The summed E-state index contributed by atoms with van der Waals surface area (Å²) in [7, 11) is 1.63. The van der Waals surface area contributed by atoms with E-state index >= 15 is 0 Å². The van der Waals surface area contributed by atoms with E-state index < -0.39 is 0 Å². The first kappa shape index (κ1) is 22.1. The number of piperazine rings is 1. The van der Waals surface area contributed by atoms with Gasteiger partial charge in [0.25, 0.3) is 0 Å². The fourth-order valence-electron chi connectivity index (χ4n) is 3.03. The molecular weight excluding hydrogens is 356 g/mol. The number of aliphatic imine (C=N–C) groups is 1. The Morgan fingerprint density at radius 1 is 1.25 bits per heavy atom. The second kappa shape index (κ2) is 12.3. The van der Waals surface area contributed by atoms with Crippen molar-refractivity contribution in [3.05, 3.63) is 29.6 Å². The van der Waals surface area contributed by atoms with Gasteiger partial charge in [0.1, 0.15) is 0 Å². The summed E-state index contributed by atoms with van der Waals surface area (Å²) >= 11 is 0. The molecule has 1 aliphatic rings. The minimum absolute atomic E-state index is 0.0535. The number of aromatic nitrogens is 1. The molecule has 0 unspecified atom stereocenters. The number of methoxy groups -OCH3 is 1. The number of nitrogens with one attached hydrogen (secondary N) is 2. The Balaban J connectivity index is 1.78. The van der Waals surface area contributed by atoms with E-state index in [1.165, 1.54) is 5.56 Å². The Kier molecular flexibility index (Phi) is 9.71. The molecule has 0 saturated carbocycles. The lowest BCUT2D eigenvalue weighted by atomic mass is 10.2. The van der Waals surface area contributed by atoms with Crippen LogP contribution in [-0.4, -0.2) is 92.7 Å². The largest absolute Gasteiger partial charge is 0.383 e. The minimum atomic E-state index is 0.0535. The molecule has 0 atom stereocenters. The first-order valence-corrected chi connectivity index (χ1v) is 10.0. The summed E-state index contributed by atoms with van der Waals surface area (Å²) in [5.74, 6) is 1.00. The summed E-state index contributed by atoms with van der Waals surface area (Å²) in [5.41, 5.74) is 2.24. The van der Waals surface area contributed by atoms with Crippen molar-refractivity contribution >= 4 is 11.9 Å². The molecule has 1 aromatic rings. The lowest BCUT2D eigenvalue weighted by Crippen LogP contribution is -2.54. The van der Waals surface area contributed by atoms with Gasteiger partial charge in [-0.15, -0.1) is 0 Å². The summed E-state index contributed by atoms with van der Waals surface area (Å²) in [5, 5.41) is 6.26. The maximum atomic E-state index is 11.9. The Hall–Kier alpha value is -2.19. The monoisotopic (exact) mass is 390 g/mol. The van der Waals surface area contributed by atoms with E-state index in [1.54, 1.807) is 7.11 Å². The fourth-order valence-corrected chi connectivity index (χ4v) is 3.03. The van der Waals surface area contributed by atoms with Crippen molar-refractivity contribution < 1.29 is 9.53 Å². The molecule has 156 valence electrons. The predicted molar refractivity (Wildman–Crippen MR) is 112 cm³/mol. The van der Waals surface area contributed by atoms with Gasteiger partial charge in [0.2, 0.25) is 5.91 Å². The van der Waals surface area contributed by atoms with E-state index in [1.807, 2.05) is 19.2 Å². The summed E-state index contributed by atoms with van der Waals surface area (Å²) in [4.78, 5) is 25.5. The summed E-state index contributed by atoms with van der Waals surface area (Å²) in [6.07, 6.45) is 2.80. The molecule has 1 fully saturated rings. The Morgan fingerprint density at radius 2 is 2.04 bits per heavy atom. The van der Waals surface area contributed by atoms with Gasteiger partial charge in [0.05, 0.1) is 13.2 Å². The van der Waals surface area contributed by atoms with Gasteiger partial charge in [-0.2, -0.15) is 0 Å². The highest BCUT2D eigenvalue weighted by molar-refractivity contribution is 5.80. The van der Waals surface area contributed by atoms with Crippen LogP contribution < -0.4 is 10.6 Å². The summed E-state index contributed by atoms with van der Waals surface area (Å²) in [6, 6.07) is 4.15. The molecule has 8 nitrogen and oxygen atoms in total. The zero-order valence-corrected chi connectivity index (χ0v) is 17.4. The van der Waals surface area contributed by atoms with E-state index in [9.17, 15) is 4.79 Å². The number of guanidine groups is 1. The van der Waals surface area contributed by atoms with Gasteiger partial charge < -0.3 is 20.3 Å². The van der Waals surface area contributed by atoms with E-state index in [-0.39, 0.29) is 5.91 Å². The Labute approximate surface area is 168 Å². The maximum absolute atomic E-state index is 11.9. The lowest BCUT2D eigenvalue weighted by Gasteiger charge is -2.36. The number of carbonyl (C=O) groups excluding carboxylic acids is 1. The topological polar surface area (TPSA) is 82.1 Å². The average Bonchev–Trinajstić information content (AvgIpc) is 2.70. The second-order valence-corrected chi connectivity index (χ2v) is 6.90. The number of hydrogen-bond donors (Lipinski definition) is 2. The Bertz CT molecular complexity index is 612. The molecule has 2 N–H and O–H groups in total. The predicted octanol–water partition coefficient (Wildman–Crippen LogP) is 0.278. The van der Waals surface area contributed by atoms with Crippen LogP contribution in [0.1, 0.15) is 18.2 Å². The average molecular weight is 391 g/mol. The van der Waals surface area contributed by atoms with Gasteiger partial charge in [-0.05, 0) is 31.9 Å². The number of ether oxygens (including phenoxy) is 1. The molecule has 1 amide bonds.